The normalized spacial score (nSPS) is 12.9. The molecule has 7 nitrogen and oxygen atoms in total. The van der Waals surface area contributed by atoms with Gasteiger partial charge in [-0.05, 0) is 57.7 Å². The van der Waals surface area contributed by atoms with Crippen LogP contribution in [-0.2, 0) is 14.3 Å². The third-order valence-electron chi connectivity index (χ3n) is 5.11. The van der Waals surface area contributed by atoms with E-state index >= 15 is 0 Å². The number of aryl methyl sites for hydroxylation is 1. The molecule has 1 aromatic rings. The summed E-state index contributed by atoms with van der Waals surface area (Å²) in [6, 6.07) is 3.84. The Morgan fingerprint density at radius 3 is 2.45 bits per heavy atom. The molecule has 1 rings (SSSR count). The zero-order valence-electron chi connectivity index (χ0n) is 20.7. The van der Waals surface area contributed by atoms with E-state index in [0.717, 1.165) is 29.5 Å². The van der Waals surface area contributed by atoms with Crippen LogP contribution < -0.4 is 10.6 Å². The maximum absolute atomic E-state index is 13.6. The van der Waals surface area contributed by atoms with Crippen LogP contribution in [0.3, 0.4) is 0 Å². The number of thiol groups is 1. The van der Waals surface area contributed by atoms with E-state index in [1.54, 1.807) is 26.8 Å². The van der Waals surface area contributed by atoms with Crippen molar-refractivity contribution in [3.05, 3.63) is 47.5 Å². The molecule has 1 aromatic carbocycles. The van der Waals surface area contributed by atoms with Gasteiger partial charge in [-0.2, -0.15) is 12.6 Å². The van der Waals surface area contributed by atoms with Gasteiger partial charge in [-0.1, -0.05) is 37.6 Å². The lowest BCUT2D eigenvalue weighted by molar-refractivity contribution is -0.141. The molecule has 0 saturated carbocycles. The largest absolute Gasteiger partial charge is 0.444 e. The van der Waals surface area contributed by atoms with Crippen molar-refractivity contribution in [3.63, 3.8) is 0 Å². The average Bonchev–Trinajstić information content (AvgIpc) is 2.73. The molecule has 0 fully saturated rings. The smallest absolute Gasteiger partial charge is 0.408 e. The summed E-state index contributed by atoms with van der Waals surface area (Å²) in [7, 11) is 0. The minimum atomic E-state index is -0.973. The van der Waals surface area contributed by atoms with E-state index < -0.39 is 29.7 Å². The van der Waals surface area contributed by atoms with Gasteiger partial charge in [0, 0.05) is 18.8 Å². The summed E-state index contributed by atoms with van der Waals surface area (Å²) in [5, 5.41) is 5.54. The molecular formula is C25H39N3O4S. The van der Waals surface area contributed by atoms with E-state index in [2.05, 4.69) is 29.8 Å². The van der Waals surface area contributed by atoms with Gasteiger partial charge in [-0.15, -0.1) is 6.58 Å². The molecular weight excluding hydrogens is 438 g/mol. The summed E-state index contributed by atoms with van der Waals surface area (Å²) in [5.74, 6) is -0.669. The molecule has 0 aliphatic carbocycles. The first-order valence-corrected chi connectivity index (χ1v) is 12.0. The van der Waals surface area contributed by atoms with Gasteiger partial charge >= 0.3 is 6.09 Å². The van der Waals surface area contributed by atoms with Gasteiger partial charge in [0.15, 0.2) is 0 Å². The number of nitrogens with one attached hydrogen (secondary N) is 2. The molecule has 184 valence electrons. The molecule has 0 bridgehead atoms. The molecule has 0 aliphatic heterocycles. The highest BCUT2D eigenvalue weighted by Crippen LogP contribution is 2.27. The maximum Gasteiger partial charge on any atom is 0.408 e. The number of carbonyl (C=O) groups is 3. The van der Waals surface area contributed by atoms with E-state index in [1.165, 1.54) is 4.90 Å². The molecule has 0 spiro atoms. The van der Waals surface area contributed by atoms with E-state index in [4.69, 9.17) is 4.74 Å². The molecule has 2 N–H and O–H groups in total. The highest BCUT2D eigenvalue weighted by Gasteiger charge is 2.36. The molecule has 0 aliphatic rings. The monoisotopic (exact) mass is 477 g/mol. The Hall–Kier alpha value is -2.48. The Balaban J connectivity index is 3.37. The van der Waals surface area contributed by atoms with E-state index in [-0.39, 0.29) is 18.2 Å². The van der Waals surface area contributed by atoms with Crippen molar-refractivity contribution in [2.24, 2.45) is 0 Å². The topological polar surface area (TPSA) is 87.7 Å². The van der Waals surface area contributed by atoms with Gasteiger partial charge in [0.1, 0.15) is 17.7 Å². The number of benzene rings is 1. The summed E-state index contributed by atoms with van der Waals surface area (Å²) in [6.07, 6.45) is 2.62. The van der Waals surface area contributed by atoms with Crippen molar-refractivity contribution >= 4 is 30.5 Å². The van der Waals surface area contributed by atoms with Gasteiger partial charge in [-0.3, -0.25) is 9.59 Å². The fourth-order valence-corrected chi connectivity index (χ4v) is 3.55. The molecule has 3 amide bonds. The number of ether oxygens (including phenoxy) is 1. The molecule has 0 radical (unpaired) electrons. The average molecular weight is 478 g/mol. The fraction of sp³-hybridized carbons (Fsp3) is 0.560. The Labute approximate surface area is 203 Å². The molecule has 0 saturated heterocycles. The SMILES string of the molecule is C=CCN(C(=O)C(CS)NC(=O)OC(C)(C)C)C(C(=O)NCCCC)c1cccc(C)c1C. The number of rotatable bonds is 11. The van der Waals surface area contributed by atoms with Crippen LogP contribution in [0.5, 0.6) is 0 Å². The molecule has 0 aromatic heterocycles. The van der Waals surface area contributed by atoms with E-state index in [0.29, 0.717) is 6.54 Å². The second-order valence-corrected chi connectivity index (χ2v) is 9.36. The predicted molar refractivity (Wildman–Crippen MR) is 135 cm³/mol. The van der Waals surface area contributed by atoms with Crippen molar-refractivity contribution < 1.29 is 19.1 Å². The lowest BCUT2D eigenvalue weighted by Gasteiger charge is -2.34. The third-order valence-corrected chi connectivity index (χ3v) is 5.48. The van der Waals surface area contributed by atoms with Crippen LogP contribution in [0.2, 0.25) is 0 Å². The lowest BCUT2D eigenvalue weighted by atomic mass is 9.95. The van der Waals surface area contributed by atoms with E-state index in [9.17, 15) is 14.4 Å². The number of unbranched alkanes of at least 4 members (excludes halogenated alkanes) is 1. The Morgan fingerprint density at radius 2 is 1.91 bits per heavy atom. The Bertz CT molecular complexity index is 835. The summed E-state index contributed by atoms with van der Waals surface area (Å²) >= 11 is 4.27. The number of hydrogen-bond acceptors (Lipinski definition) is 5. The zero-order chi connectivity index (χ0) is 25.2. The molecule has 2 unspecified atom stereocenters. The maximum atomic E-state index is 13.6. The summed E-state index contributed by atoms with van der Waals surface area (Å²) in [6.45, 7) is 15.6. The number of carbonyl (C=O) groups excluding carboxylic acids is 3. The Morgan fingerprint density at radius 1 is 1.24 bits per heavy atom. The zero-order valence-corrected chi connectivity index (χ0v) is 21.6. The fourth-order valence-electron chi connectivity index (χ4n) is 3.30. The van der Waals surface area contributed by atoms with Crippen LogP contribution in [0.4, 0.5) is 4.79 Å². The van der Waals surface area contributed by atoms with Crippen LogP contribution in [-0.4, -0.2) is 53.3 Å². The number of nitrogens with zero attached hydrogens (tertiary/aromatic N) is 1. The van der Waals surface area contributed by atoms with Crippen LogP contribution >= 0.6 is 12.6 Å². The molecule has 2 atom stereocenters. The first-order valence-electron chi connectivity index (χ1n) is 11.3. The minimum absolute atomic E-state index is 0.0443. The van der Waals surface area contributed by atoms with Gasteiger partial charge in [0.2, 0.25) is 11.8 Å². The quantitative estimate of drug-likeness (QED) is 0.254. The second kappa shape index (κ2) is 13.3. The van der Waals surface area contributed by atoms with Crippen molar-refractivity contribution in [2.75, 3.05) is 18.8 Å². The third kappa shape index (κ3) is 8.76. The van der Waals surface area contributed by atoms with Gasteiger partial charge in [-0.25, -0.2) is 4.79 Å². The number of amides is 3. The second-order valence-electron chi connectivity index (χ2n) is 9.00. The number of hydrogen-bond donors (Lipinski definition) is 3. The summed E-state index contributed by atoms with van der Waals surface area (Å²) in [4.78, 5) is 40.7. The predicted octanol–water partition coefficient (Wildman–Crippen LogP) is 4.10. The van der Waals surface area contributed by atoms with Crippen molar-refractivity contribution in [2.45, 2.75) is 72.1 Å². The van der Waals surface area contributed by atoms with Crippen LogP contribution in [0.15, 0.2) is 30.9 Å². The first kappa shape index (κ1) is 28.6. The number of alkyl carbamates (subject to hydrolysis) is 1. The summed E-state index contributed by atoms with van der Waals surface area (Å²) in [5.41, 5.74) is 1.96. The standard InChI is InChI=1S/C25H39N3O4S/c1-8-10-14-26-22(29)21(19-13-11-12-17(3)18(19)4)28(15-9-2)23(30)20(16-33)27-24(31)32-25(5,6)7/h9,11-13,20-21,33H,2,8,10,14-16H2,1,3-7H3,(H,26,29)(H,27,31). The van der Waals surface area contributed by atoms with Crippen LogP contribution in [0, 0.1) is 13.8 Å². The highest BCUT2D eigenvalue weighted by molar-refractivity contribution is 7.80. The Kier molecular flexibility index (Phi) is 11.5. The van der Waals surface area contributed by atoms with Gasteiger partial charge in [0.05, 0.1) is 0 Å². The lowest BCUT2D eigenvalue weighted by Crippen LogP contribution is -2.54. The van der Waals surface area contributed by atoms with Gasteiger partial charge in [0.25, 0.3) is 0 Å². The van der Waals surface area contributed by atoms with Crippen molar-refractivity contribution in [3.8, 4) is 0 Å². The van der Waals surface area contributed by atoms with Gasteiger partial charge < -0.3 is 20.3 Å². The minimum Gasteiger partial charge on any atom is -0.444 e. The molecule has 33 heavy (non-hydrogen) atoms. The van der Waals surface area contributed by atoms with Crippen molar-refractivity contribution in [1.82, 2.24) is 15.5 Å². The highest BCUT2D eigenvalue weighted by atomic mass is 32.1. The van der Waals surface area contributed by atoms with Crippen LogP contribution in [0.25, 0.3) is 0 Å². The van der Waals surface area contributed by atoms with Crippen molar-refractivity contribution in [1.29, 1.82) is 0 Å². The van der Waals surface area contributed by atoms with Crippen LogP contribution in [0.1, 0.15) is 63.3 Å². The van der Waals surface area contributed by atoms with E-state index in [1.807, 2.05) is 39.0 Å². The summed E-state index contributed by atoms with van der Waals surface area (Å²) < 4.78 is 5.30. The molecule has 0 heterocycles. The first-order chi connectivity index (χ1) is 15.5. The molecule has 8 heteroatoms.